The minimum atomic E-state index is 0.314. The summed E-state index contributed by atoms with van der Waals surface area (Å²) >= 11 is 0. The average molecular weight is 335 g/mol. The molecule has 0 aromatic heterocycles. The van der Waals surface area contributed by atoms with E-state index in [-0.39, 0.29) is 0 Å². The molecule has 136 valence electrons. The Bertz CT molecular complexity index is 446. The standard InChI is InChI=1S/C19H33N3O2/c1-3-5-15-24-16-7-14-22-19(20-4-2)21-13-6-8-17-9-11-18(23)12-10-17/h9-12,23H,3-8,13-16H2,1-2H3,(H2,20,21,22). The number of rotatable bonds is 12. The molecule has 0 amide bonds. The highest BCUT2D eigenvalue weighted by Crippen LogP contribution is 2.10. The van der Waals surface area contributed by atoms with Crippen molar-refractivity contribution in [1.82, 2.24) is 10.6 Å². The SMILES string of the molecule is CCCCOCCCNC(=NCCCc1ccc(O)cc1)NCC. The van der Waals surface area contributed by atoms with Gasteiger partial charge < -0.3 is 20.5 Å². The quantitative estimate of drug-likeness (QED) is 0.312. The first-order chi connectivity index (χ1) is 11.8. The van der Waals surface area contributed by atoms with Crippen molar-refractivity contribution in [2.75, 3.05) is 32.8 Å². The molecule has 1 aromatic carbocycles. The van der Waals surface area contributed by atoms with Crippen LogP contribution in [-0.2, 0) is 11.2 Å². The van der Waals surface area contributed by atoms with Crippen LogP contribution in [0.15, 0.2) is 29.3 Å². The molecule has 0 atom stereocenters. The van der Waals surface area contributed by atoms with Crippen LogP contribution in [0.3, 0.4) is 0 Å². The fourth-order valence-corrected chi connectivity index (χ4v) is 2.21. The number of nitrogens with one attached hydrogen (secondary N) is 2. The third-order valence-corrected chi connectivity index (χ3v) is 3.57. The van der Waals surface area contributed by atoms with Crippen molar-refractivity contribution in [3.63, 3.8) is 0 Å². The van der Waals surface area contributed by atoms with Crippen LogP contribution in [0.5, 0.6) is 5.75 Å². The molecule has 0 fully saturated rings. The Balaban J connectivity index is 2.18. The highest BCUT2D eigenvalue weighted by Gasteiger charge is 1.98. The molecular weight excluding hydrogens is 302 g/mol. The third-order valence-electron chi connectivity index (χ3n) is 3.57. The largest absolute Gasteiger partial charge is 0.508 e. The van der Waals surface area contributed by atoms with Crippen LogP contribution in [0.1, 0.15) is 45.1 Å². The number of hydrogen-bond donors (Lipinski definition) is 3. The third kappa shape index (κ3) is 10.1. The summed E-state index contributed by atoms with van der Waals surface area (Å²) in [6, 6.07) is 7.38. The first kappa shape index (κ1) is 20.3. The predicted octanol–water partition coefficient (Wildman–Crippen LogP) is 3.09. The van der Waals surface area contributed by atoms with Crippen molar-refractivity contribution >= 4 is 5.96 Å². The highest BCUT2D eigenvalue weighted by atomic mass is 16.5. The molecule has 3 N–H and O–H groups in total. The van der Waals surface area contributed by atoms with Gasteiger partial charge in [-0.1, -0.05) is 25.5 Å². The van der Waals surface area contributed by atoms with Crippen molar-refractivity contribution in [3.8, 4) is 5.75 Å². The van der Waals surface area contributed by atoms with E-state index in [0.29, 0.717) is 5.75 Å². The lowest BCUT2D eigenvalue weighted by atomic mass is 10.1. The summed E-state index contributed by atoms with van der Waals surface area (Å²) < 4.78 is 5.55. The van der Waals surface area contributed by atoms with E-state index < -0.39 is 0 Å². The number of guanidine groups is 1. The molecule has 1 aromatic rings. The van der Waals surface area contributed by atoms with Gasteiger partial charge in [-0.3, -0.25) is 4.99 Å². The summed E-state index contributed by atoms with van der Waals surface area (Å²) in [6.45, 7) is 8.42. The Morgan fingerprint density at radius 3 is 2.50 bits per heavy atom. The van der Waals surface area contributed by atoms with E-state index in [1.54, 1.807) is 12.1 Å². The maximum Gasteiger partial charge on any atom is 0.191 e. The van der Waals surface area contributed by atoms with E-state index in [4.69, 9.17) is 4.74 Å². The van der Waals surface area contributed by atoms with Crippen LogP contribution in [-0.4, -0.2) is 43.9 Å². The first-order valence-corrected chi connectivity index (χ1v) is 9.14. The summed E-state index contributed by atoms with van der Waals surface area (Å²) in [5, 5.41) is 15.9. The lowest BCUT2D eigenvalue weighted by Gasteiger charge is -2.11. The second-order valence-electron chi connectivity index (χ2n) is 5.78. The summed E-state index contributed by atoms with van der Waals surface area (Å²) in [5.41, 5.74) is 1.23. The molecule has 0 saturated carbocycles. The number of unbranched alkanes of at least 4 members (excludes halogenated alkanes) is 1. The first-order valence-electron chi connectivity index (χ1n) is 9.14. The van der Waals surface area contributed by atoms with Crippen molar-refractivity contribution in [2.24, 2.45) is 4.99 Å². The predicted molar refractivity (Wildman–Crippen MR) is 101 cm³/mol. The van der Waals surface area contributed by atoms with Crippen LogP contribution < -0.4 is 10.6 Å². The smallest absolute Gasteiger partial charge is 0.191 e. The molecule has 0 aliphatic carbocycles. The number of ether oxygens (including phenoxy) is 1. The van der Waals surface area contributed by atoms with Crippen LogP contribution >= 0.6 is 0 Å². The molecule has 0 saturated heterocycles. The number of phenolic OH excluding ortho intramolecular Hbond substituents is 1. The minimum Gasteiger partial charge on any atom is -0.508 e. The number of aryl methyl sites for hydroxylation is 1. The van der Waals surface area contributed by atoms with Gasteiger partial charge in [0.2, 0.25) is 0 Å². The van der Waals surface area contributed by atoms with Crippen molar-refractivity contribution in [1.29, 1.82) is 0 Å². The van der Waals surface area contributed by atoms with Gasteiger partial charge in [-0.15, -0.1) is 0 Å². The number of hydrogen-bond acceptors (Lipinski definition) is 3. The number of phenols is 1. The summed E-state index contributed by atoms with van der Waals surface area (Å²) in [6.07, 6.45) is 5.26. The van der Waals surface area contributed by atoms with E-state index >= 15 is 0 Å². The van der Waals surface area contributed by atoms with Gasteiger partial charge in [0.05, 0.1) is 0 Å². The van der Waals surface area contributed by atoms with Gasteiger partial charge >= 0.3 is 0 Å². The van der Waals surface area contributed by atoms with E-state index in [1.807, 2.05) is 12.1 Å². The topological polar surface area (TPSA) is 65.9 Å². The molecule has 0 unspecified atom stereocenters. The fourth-order valence-electron chi connectivity index (χ4n) is 2.21. The zero-order valence-corrected chi connectivity index (χ0v) is 15.2. The Kier molecular flexibility index (Phi) is 11.6. The zero-order valence-electron chi connectivity index (χ0n) is 15.2. The Hall–Kier alpha value is -1.75. The van der Waals surface area contributed by atoms with Crippen molar-refractivity contribution < 1.29 is 9.84 Å². The molecule has 0 heterocycles. The fraction of sp³-hybridized carbons (Fsp3) is 0.632. The maximum absolute atomic E-state index is 9.28. The monoisotopic (exact) mass is 335 g/mol. The molecule has 0 aliphatic rings. The number of aliphatic imine (C=N–C) groups is 1. The number of aromatic hydroxyl groups is 1. The molecule has 5 heteroatoms. The molecule has 5 nitrogen and oxygen atoms in total. The van der Waals surface area contributed by atoms with E-state index in [2.05, 4.69) is 29.5 Å². The van der Waals surface area contributed by atoms with Crippen molar-refractivity contribution in [2.45, 2.75) is 46.0 Å². The second kappa shape index (κ2) is 13.7. The van der Waals surface area contributed by atoms with E-state index in [0.717, 1.165) is 64.5 Å². The summed E-state index contributed by atoms with van der Waals surface area (Å²) in [7, 11) is 0. The lowest BCUT2D eigenvalue weighted by molar-refractivity contribution is 0.129. The van der Waals surface area contributed by atoms with Crippen LogP contribution in [0.25, 0.3) is 0 Å². The van der Waals surface area contributed by atoms with Gasteiger partial charge in [0.1, 0.15) is 5.75 Å². The van der Waals surface area contributed by atoms with Crippen LogP contribution in [0.2, 0.25) is 0 Å². The van der Waals surface area contributed by atoms with Crippen molar-refractivity contribution in [3.05, 3.63) is 29.8 Å². The van der Waals surface area contributed by atoms with Crippen LogP contribution in [0, 0.1) is 0 Å². The average Bonchev–Trinajstić information content (AvgIpc) is 2.59. The zero-order chi connectivity index (χ0) is 17.5. The molecule has 0 spiro atoms. The van der Waals surface area contributed by atoms with Gasteiger partial charge in [-0.05, 0) is 50.3 Å². The van der Waals surface area contributed by atoms with Gasteiger partial charge in [-0.2, -0.15) is 0 Å². The highest BCUT2D eigenvalue weighted by molar-refractivity contribution is 5.79. The van der Waals surface area contributed by atoms with E-state index in [9.17, 15) is 5.11 Å². The minimum absolute atomic E-state index is 0.314. The Labute approximate surface area is 146 Å². The molecule has 0 bridgehead atoms. The molecule has 0 aliphatic heterocycles. The normalized spacial score (nSPS) is 11.5. The molecule has 0 radical (unpaired) electrons. The lowest BCUT2D eigenvalue weighted by Crippen LogP contribution is -2.38. The summed E-state index contributed by atoms with van der Waals surface area (Å²) in [4.78, 5) is 4.60. The summed E-state index contributed by atoms with van der Waals surface area (Å²) in [5.74, 6) is 1.19. The van der Waals surface area contributed by atoms with Gasteiger partial charge in [0, 0.05) is 32.8 Å². The van der Waals surface area contributed by atoms with Gasteiger partial charge in [0.15, 0.2) is 5.96 Å². The second-order valence-corrected chi connectivity index (χ2v) is 5.78. The van der Waals surface area contributed by atoms with E-state index in [1.165, 1.54) is 12.0 Å². The van der Waals surface area contributed by atoms with Crippen LogP contribution in [0.4, 0.5) is 0 Å². The molecule has 24 heavy (non-hydrogen) atoms. The number of benzene rings is 1. The Morgan fingerprint density at radius 1 is 1.04 bits per heavy atom. The van der Waals surface area contributed by atoms with Gasteiger partial charge in [-0.25, -0.2) is 0 Å². The van der Waals surface area contributed by atoms with Gasteiger partial charge in [0.25, 0.3) is 0 Å². The number of nitrogens with zero attached hydrogens (tertiary/aromatic N) is 1. The Morgan fingerprint density at radius 2 is 1.79 bits per heavy atom. The molecular formula is C19H33N3O2. The molecule has 1 rings (SSSR count). The maximum atomic E-state index is 9.28.